The molecule has 6 nitrogen and oxygen atoms in total. The maximum Gasteiger partial charge on any atom is 0.238 e. The fourth-order valence-electron chi connectivity index (χ4n) is 10.6. The van der Waals surface area contributed by atoms with Gasteiger partial charge in [-0.2, -0.15) is 9.97 Å². The Morgan fingerprint density at radius 3 is 1.83 bits per heavy atom. The second-order valence-electron chi connectivity index (χ2n) is 18.7. The number of fused-ring (bicyclic) bond motifs is 12. The van der Waals surface area contributed by atoms with E-state index in [-0.39, 0.29) is 10.8 Å². The molecule has 0 fully saturated rings. The molecule has 302 valence electrons. The number of benzene rings is 8. The summed E-state index contributed by atoms with van der Waals surface area (Å²) in [6, 6.07) is 58.5. The highest BCUT2D eigenvalue weighted by molar-refractivity contribution is 6.29. The van der Waals surface area contributed by atoms with Crippen LogP contribution in [0.5, 0.6) is 0 Å². The molecule has 1 aliphatic carbocycles. The molecule has 0 bridgehead atoms. The summed E-state index contributed by atoms with van der Waals surface area (Å²) >= 11 is 0. The van der Waals surface area contributed by atoms with Crippen molar-refractivity contribution in [2.75, 3.05) is 0 Å². The van der Waals surface area contributed by atoms with E-state index >= 15 is 0 Å². The van der Waals surface area contributed by atoms with E-state index in [2.05, 4.69) is 182 Å². The van der Waals surface area contributed by atoms with E-state index in [4.69, 9.17) is 19.4 Å². The van der Waals surface area contributed by atoms with Gasteiger partial charge >= 0.3 is 0 Å². The van der Waals surface area contributed by atoms with E-state index in [1.54, 1.807) is 0 Å². The van der Waals surface area contributed by atoms with Crippen LogP contribution >= 0.6 is 0 Å². The summed E-state index contributed by atoms with van der Waals surface area (Å²) < 4.78 is 11.1. The Bertz CT molecular complexity index is 3870. The molecule has 0 aliphatic heterocycles. The van der Waals surface area contributed by atoms with Crippen LogP contribution in [0.2, 0.25) is 0 Å². The Morgan fingerprint density at radius 2 is 1.03 bits per heavy atom. The average Bonchev–Trinajstić information content (AvgIpc) is 3.97. The Kier molecular flexibility index (Phi) is 7.44. The van der Waals surface area contributed by atoms with Crippen LogP contribution < -0.4 is 0 Å². The first-order valence-corrected chi connectivity index (χ1v) is 22.0. The number of aromatic nitrogens is 5. The number of hydrogen-bond donors (Lipinski definition) is 0. The molecule has 13 rings (SSSR count). The lowest BCUT2D eigenvalue weighted by molar-refractivity contribution is 0.332. The molecule has 63 heavy (non-hydrogen) atoms. The third kappa shape index (κ3) is 5.34. The van der Waals surface area contributed by atoms with E-state index in [9.17, 15) is 0 Å². The van der Waals surface area contributed by atoms with Crippen LogP contribution in [0.3, 0.4) is 0 Å². The number of hydrogen-bond acceptors (Lipinski definition) is 4. The number of rotatable bonds is 4. The van der Waals surface area contributed by atoms with Crippen molar-refractivity contribution in [1.29, 1.82) is 0 Å². The Labute approximate surface area is 364 Å². The van der Waals surface area contributed by atoms with Crippen LogP contribution in [0, 0.1) is 0 Å². The van der Waals surface area contributed by atoms with E-state index in [0.717, 1.165) is 73.4 Å². The van der Waals surface area contributed by atoms with Crippen molar-refractivity contribution in [1.82, 2.24) is 24.1 Å². The first-order valence-electron chi connectivity index (χ1n) is 22.0. The second-order valence-corrected chi connectivity index (χ2v) is 18.7. The van der Waals surface area contributed by atoms with Crippen LogP contribution in [0.15, 0.2) is 168 Å². The highest BCUT2D eigenvalue weighted by Gasteiger charge is 2.38. The van der Waals surface area contributed by atoms with Gasteiger partial charge in [0.15, 0.2) is 11.6 Å². The Hall–Kier alpha value is -7.57. The van der Waals surface area contributed by atoms with Crippen LogP contribution in [0.1, 0.15) is 51.7 Å². The van der Waals surface area contributed by atoms with E-state index in [1.165, 1.54) is 43.7 Å². The third-order valence-electron chi connectivity index (χ3n) is 14.0. The minimum Gasteiger partial charge on any atom is -0.456 e. The molecule has 0 saturated carbocycles. The Morgan fingerprint density at radius 1 is 0.429 bits per heavy atom. The summed E-state index contributed by atoms with van der Waals surface area (Å²) in [6.07, 6.45) is 2.30. The highest BCUT2D eigenvalue weighted by atomic mass is 16.3. The first kappa shape index (κ1) is 36.1. The van der Waals surface area contributed by atoms with Gasteiger partial charge in [-0.05, 0) is 112 Å². The maximum atomic E-state index is 6.39. The Balaban J connectivity index is 1.12. The zero-order valence-electron chi connectivity index (χ0n) is 35.6. The molecule has 6 heteroatoms. The fraction of sp³-hybridized carbons (Fsp3) is 0.140. The van der Waals surface area contributed by atoms with Crippen LogP contribution in [0.25, 0.3) is 111 Å². The molecule has 0 unspecified atom stereocenters. The lowest BCUT2D eigenvalue weighted by Crippen LogP contribution is -2.33. The summed E-state index contributed by atoms with van der Waals surface area (Å²) in [7, 11) is 0. The molecule has 0 saturated heterocycles. The van der Waals surface area contributed by atoms with E-state index in [0.29, 0.717) is 17.6 Å². The number of furan rings is 1. The normalized spacial score (nSPS) is 14.8. The zero-order valence-corrected chi connectivity index (χ0v) is 35.6. The van der Waals surface area contributed by atoms with Crippen LogP contribution in [-0.4, -0.2) is 24.1 Å². The SMILES string of the molecule is CC1(C)CCC(C)(C)c2cc3c(cc21)c1c2c4ccccc4n(-c4nc(-c5ccc6ccccc6c5)nc(-c5ccc6c(c5)oc5ccccc56)n4)c2ccc1n3-c1ccccc1. The van der Waals surface area contributed by atoms with Gasteiger partial charge in [-0.3, -0.25) is 4.57 Å². The van der Waals surface area contributed by atoms with Gasteiger partial charge in [0.05, 0.1) is 22.1 Å². The highest BCUT2D eigenvalue weighted by Crippen LogP contribution is 2.50. The van der Waals surface area contributed by atoms with Gasteiger partial charge in [0.2, 0.25) is 5.95 Å². The molecule has 0 amide bonds. The molecular weight excluding hydrogens is 771 g/mol. The molecule has 8 aromatic carbocycles. The van der Waals surface area contributed by atoms with Gasteiger partial charge in [-0.1, -0.05) is 125 Å². The van der Waals surface area contributed by atoms with Gasteiger partial charge in [0, 0.05) is 49.1 Å². The third-order valence-corrected chi connectivity index (χ3v) is 14.0. The topological polar surface area (TPSA) is 61.7 Å². The standard InChI is InChI=1S/C57H43N5O/c1-56(2)28-29-57(3,4)44-33-48-42(32-43(44)56)52-46(61(48)38-16-6-5-7-17-38)26-27-47-51(52)41-19-10-12-20-45(41)62(47)55-59-53(36-23-22-34-14-8-9-15-35(34)30-36)58-54(60-55)37-24-25-40-39-18-11-13-21-49(39)63-50(40)31-37/h5-27,30-33H,28-29H2,1-4H3. The predicted octanol–water partition coefficient (Wildman–Crippen LogP) is 14.8. The fourth-order valence-corrected chi connectivity index (χ4v) is 10.6. The van der Waals surface area contributed by atoms with Gasteiger partial charge < -0.3 is 8.98 Å². The molecule has 1 aliphatic rings. The van der Waals surface area contributed by atoms with Gasteiger partial charge in [-0.15, -0.1) is 0 Å². The van der Waals surface area contributed by atoms with Crippen molar-refractivity contribution in [3.63, 3.8) is 0 Å². The smallest absolute Gasteiger partial charge is 0.238 e. The molecule has 0 radical (unpaired) electrons. The summed E-state index contributed by atoms with van der Waals surface area (Å²) in [6.45, 7) is 9.67. The predicted molar refractivity (Wildman–Crippen MR) is 259 cm³/mol. The average molecular weight is 814 g/mol. The first-order chi connectivity index (χ1) is 30.7. The van der Waals surface area contributed by atoms with Gasteiger partial charge in [0.1, 0.15) is 11.2 Å². The quantitative estimate of drug-likeness (QED) is 0.178. The molecule has 4 aromatic heterocycles. The van der Waals surface area contributed by atoms with Crippen molar-refractivity contribution < 1.29 is 4.42 Å². The van der Waals surface area contributed by atoms with Crippen molar-refractivity contribution in [3.05, 3.63) is 175 Å². The number of para-hydroxylation sites is 3. The largest absolute Gasteiger partial charge is 0.456 e. The van der Waals surface area contributed by atoms with Crippen molar-refractivity contribution in [3.8, 4) is 34.4 Å². The molecule has 0 spiro atoms. The molecule has 12 aromatic rings. The van der Waals surface area contributed by atoms with Crippen molar-refractivity contribution >= 4 is 76.3 Å². The monoisotopic (exact) mass is 813 g/mol. The lowest BCUT2D eigenvalue weighted by Gasteiger charge is -2.42. The second kappa shape index (κ2) is 13.0. The van der Waals surface area contributed by atoms with E-state index < -0.39 is 0 Å². The van der Waals surface area contributed by atoms with Crippen molar-refractivity contribution in [2.45, 2.75) is 51.4 Å². The van der Waals surface area contributed by atoms with Gasteiger partial charge in [0.25, 0.3) is 0 Å². The molecule has 0 N–H and O–H groups in total. The molecule has 4 heterocycles. The summed E-state index contributed by atoms with van der Waals surface area (Å²) in [5.74, 6) is 1.75. The van der Waals surface area contributed by atoms with Crippen LogP contribution in [-0.2, 0) is 10.8 Å². The molecular formula is C57H43N5O. The van der Waals surface area contributed by atoms with Gasteiger partial charge in [-0.25, -0.2) is 4.98 Å². The van der Waals surface area contributed by atoms with Crippen molar-refractivity contribution in [2.24, 2.45) is 0 Å². The van der Waals surface area contributed by atoms with E-state index in [1.807, 2.05) is 18.2 Å². The minimum atomic E-state index is 0.0495. The summed E-state index contributed by atoms with van der Waals surface area (Å²) in [4.78, 5) is 16.0. The maximum absolute atomic E-state index is 6.39. The summed E-state index contributed by atoms with van der Waals surface area (Å²) in [5.41, 5.74) is 12.1. The lowest BCUT2D eigenvalue weighted by atomic mass is 9.63. The van der Waals surface area contributed by atoms with Crippen LogP contribution in [0.4, 0.5) is 0 Å². The number of nitrogens with zero attached hydrogens (tertiary/aromatic N) is 5. The summed E-state index contributed by atoms with van der Waals surface area (Å²) in [5, 5.41) is 9.29. The zero-order chi connectivity index (χ0) is 42.2. The molecule has 0 atom stereocenters. The minimum absolute atomic E-state index is 0.0495.